The minimum Gasteiger partial charge on any atom is -0.394 e. The zero-order valence-electron chi connectivity index (χ0n) is 13.4. The number of methoxy groups -OCH3 is 1. The maximum atomic E-state index is 10.2. The molecular formula is C13H24N4O6S. The van der Waals surface area contributed by atoms with E-state index >= 15 is 0 Å². The van der Waals surface area contributed by atoms with Crippen LogP contribution in [0.1, 0.15) is 0 Å². The number of hydrogen-bond donors (Lipinski definition) is 5. The minimum atomic E-state index is -1.29. The lowest BCUT2D eigenvalue weighted by Gasteiger charge is -2.41. The van der Waals surface area contributed by atoms with Gasteiger partial charge in [0.25, 0.3) is 0 Å². The van der Waals surface area contributed by atoms with Crippen molar-refractivity contribution in [1.82, 2.24) is 10.2 Å². The molecule has 2 heterocycles. The van der Waals surface area contributed by atoms with Crippen molar-refractivity contribution in [3.05, 3.63) is 0 Å². The van der Waals surface area contributed by atoms with Crippen LogP contribution in [-0.2, 0) is 14.2 Å². The van der Waals surface area contributed by atoms with Crippen molar-refractivity contribution in [3.8, 4) is 0 Å². The Bertz CT molecular complexity index is 460. The van der Waals surface area contributed by atoms with E-state index in [-0.39, 0.29) is 11.1 Å². The summed E-state index contributed by atoms with van der Waals surface area (Å²) < 4.78 is 15.8. The third-order valence-corrected chi connectivity index (χ3v) is 4.16. The summed E-state index contributed by atoms with van der Waals surface area (Å²) in [7, 11) is 1.38. The van der Waals surface area contributed by atoms with E-state index in [4.69, 9.17) is 32.2 Å². The van der Waals surface area contributed by atoms with E-state index in [1.807, 2.05) is 4.90 Å². The highest BCUT2D eigenvalue weighted by atomic mass is 32.1. The topological polar surface area (TPSA) is 142 Å². The molecular weight excluding hydrogens is 340 g/mol. The summed E-state index contributed by atoms with van der Waals surface area (Å²) in [5.41, 5.74) is 5.91. The highest BCUT2D eigenvalue weighted by Gasteiger charge is 2.44. The van der Waals surface area contributed by atoms with Crippen LogP contribution >= 0.6 is 12.2 Å². The van der Waals surface area contributed by atoms with Gasteiger partial charge in [0.15, 0.2) is 17.4 Å². The molecule has 2 rings (SSSR count). The number of aliphatic hydroxyl groups excluding tert-OH is 3. The van der Waals surface area contributed by atoms with Crippen LogP contribution in [0.15, 0.2) is 4.99 Å². The molecule has 11 heteroatoms. The second kappa shape index (κ2) is 8.85. The van der Waals surface area contributed by atoms with Gasteiger partial charge in [-0.05, 0) is 12.2 Å². The summed E-state index contributed by atoms with van der Waals surface area (Å²) in [5, 5.41) is 32.2. The number of nitrogens with two attached hydrogens (primary N) is 1. The van der Waals surface area contributed by atoms with Crippen molar-refractivity contribution in [2.45, 2.75) is 30.6 Å². The molecule has 2 aliphatic rings. The zero-order valence-corrected chi connectivity index (χ0v) is 14.2. The lowest BCUT2D eigenvalue weighted by molar-refractivity contribution is -0.260. The van der Waals surface area contributed by atoms with Crippen molar-refractivity contribution in [2.24, 2.45) is 10.7 Å². The Morgan fingerprint density at radius 2 is 2.04 bits per heavy atom. The Kier molecular flexibility index (Phi) is 7.10. The molecule has 10 nitrogen and oxygen atoms in total. The second-order valence-corrected chi connectivity index (χ2v) is 5.87. The maximum Gasteiger partial charge on any atom is 0.198 e. The molecule has 0 radical (unpaired) electrons. The van der Waals surface area contributed by atoms with Crippen LogP contribution < -0.4 is 11.1 Å². The quantitative estimate of drug-likeness (QED) is 0.199. The number of nitrogens with zero attached hydrogens (tertiary/aromatic N) is 2. The summed E-state index contributed by atoms with van der Waals surface area (Å²) in [6.07, 6.45) is -4.42. The Labute approximate surface area is 145 Å². The SMILES string of the molecule is CO[C@@H]1O[C@H](CO)[C@H](O)[C@H](O)[C@H]1NC(=S)/N=C(\N)N1CCOCC1. The van der Waals surface area contributed by atoms with Gasteiger partial charge in [-0.25, -0.2) is 0 Å². The highest BCUT2D eigenvalue weighted by molar-refractivity contribution is 7.80. The van der Waals surface area contributed by atoms with Gasteiger partial charge < -0.3 is 45.5 Å². The first-order valence-corrected chi connectivity index (χ1v) is 8.01. The predicted molar refractivity (Wildman–Crippen MR) is 88.3 cm³/mol. The van der Waals surface area contributed by atoms with E-state index in [2.05, 4.69) is 10.3 Å². The number of thiocarbonyl (C=S) groups is 1. The molecule has 24 heavy (non-hydrogen) atoms. The minimum absolute atomic E-state index is 0.0309. The Morgan fingerprint density at radius 3 is 2.62 bits per heavy atom. The molecule has 0 amide bonds. The van der Waals surface area contributed by atoms with Gasteiger partial charge in [0.05, 0.1) is 19.8 Å². The maximum absolute atomic E-state index is 10.2. The molecule has 0 aromatic heterocycles. The standard InChI is InChI=1S/C13H24N4O6S/c1-21-11-8(10(20)9(19)7(6-18)23-11)15-13(24)16-12(14)17-2-4-22-5-3-17/h7-11,18-20H,2-6H2,1H3,(H3,14,15,16,24)/t7-,8-,9+,10-,11-/m1/s1. The monoisotopic (exact) mass is 364 g/mol. The molecule has 0 aliphatic carbocycles. The first-order valence-electron chi connectivity index (χ1n) is 7.60. The zero-order chi connectivity index (χ0) is 17.7. The summed E-state index contributed by atoms with van der Waals surface area (Å²) >= 11 is 5.14. The van der Waals surface area contributed by atoms with Gasteiger partial charge in [-0.2, -0.15) is 4.99 Å². The fourth-order valence-corrected chi connectivity index (χ4v) is 2.81. The molecule has 2 aliphatic heterocycles. The van der Waals surface area contributed by atoms with Crippen molar-refractivity contribution in [1.29, 1.82) is 0 Å². The third kappa shape index (κ3) is 4.51. The van der Waals surface area contributed by atoms with E-state index in [0.717, 1.165) is 0 Å². The van der Waals surface area contributed by atoms with Crippen molar-refractivity contribution in [2.75, 3.05) is 40.0 Å². The van der Waals surface area contributed by atoms with Gasteiger partial charge in [0.1, 0.15) is 24.4 Å². The molecule has 0 unspecified atom stereocenters. The molecule has 0 bridgehead atoms. The average Bonchev–Trinajstić information content (AvgIpc) is 2.60. The second-order valence-electron chi connectivity index (χ2n) is 5.49. The normalized spacial score (nSPS) is 34.9. The summed E-state index contributed by atoms with van der Waals surface area (Å²) in [6, 6.07) is -0.860. The largest absolute Gasteiger partial charge is 0.394 e. The van der Waals surface area contributed by atoms with Crippen LogP contribution in [0.3, 0.4) is 0 Å². The van der Waals surface area contributed by atoms with Crippen LogP contribution in [0.4, 0.5) is 0 Å². The van der Waals surface area contributed by atoms with Gasteiger partial charge in [-0.3, -0.25) is 0 Å². The number of hydrogen-bond acceptors (Lipinski definition) is 7. The number of morpholine rings is 1. The predicted octanol–water partition coefficient (Wildman–Crippen LogP) is -3.04. The molecule has 0 saturated carbocycles. The van der Waals surface area contributed by atoms with Crippen molar-refractivity contribution in [3.63, 3.8) is 0 Å². The molecule has 2 fully saturated rings. The van der Waals surface area contributed by atoms with Crippen molar-refractivity contribution < 1.29 is 29.5 Å². The number of nitrogens with one attached hydrogen (secondary N) is 1. The third-order valence-electron chi connectivity index (χ3n) is 3.95. The van der Waals surface area contributed by atoms with Crippen LogP contribution in [0.5, 0.6) is 0 Å². The number of guanidine groups is 1. The lowest BCUT2D eigenvalue weighted by atomic mass is 9.97. The Balaban J connectivity index is 2.00. The molecule has 138 valence electrons. The molecule has 6 N–H and O–H groups in total. The van der Waals surface area contributed by atoms with Gasteiger partial charge in [-0.1, -0.05) is 0 Å². The number of rotatable bonds is 3. The van der Waals surface area contributed by atoms with Gasteiger partial charge in [-0.15, -0.1) is 0 Å². The first-order chi connectivity index (χ1) is 11.5. The van der Waals surface area contributed by atoms with Crippen LogP contribution in [0.25, 0.3) is 0 Å². The van der Waals surface area contributed by atoms with Gasteiger partial charge in [0.2, 0.25) is 0 Å². The number of aliphatic imine (C=N–C) groups is 1. The van der Waals surface area contributed by atoms with Gasteiger partial charge in [0, 0.05) is 20.2 Å². The first kappa shape index (κ1) is 19.2. The summed E-state index contributed by atoms with van der Waals surface area (Å²) in [6.45, 7) is 1.91. The van der Waals surface area contributed by atoms with E-state index in [9.17, 15) is 15.3 Å². The Hall–Kier alpha value is -1.08. The molecule has 5 atom stereocenters. The smallest absolute Gasteiger partial charge is 0.198 e. The van der Waals surface area contributed by atoms with E-state index in [0.29, 0.717) is 26.3 Å². The fourth-order valence-electron chi connectivity index (χ4n) is 2.58. The van der Waals surface area contributed by atoms with Crippen LogP contribution in [0.2, 0.25) is 0 Å². The van der Waals surface area contributed by atoms with Crippen LogP contribution in [0, 0.1) is 0 Å². The van der Waals surface area contributed by atoms with Crippen molar-refractivity contribution >= 4 is 23.3 Å². The lowest BCUT2D eigenvalue weighted by Crippen LogP contribution is -2.64. The summed E-state index contributed by atoms with van der Waals surface area (Å²) in [5.74, 6) is 0.241. The number of aliphatic hydroxyl groups is 3. The average molecular weight is 364 g/mol. The van der Waals surface area contributed by atoms with E-state index in [1.54, 1.807) is 0 Å². The number of ether oxygens (including phenoxy) is 3. The Morgan fingerprint density at radius 1 is 1.38 bits per heavy atom. The summed E-state index contributed by atoms with van der Waals surface area (Å²) in [4.78, 5) is 5.92. The molecule has 0 aromatic rings. The van der Waals surface area contributed by atoms with Gasteiger partial charge >= 0.3 is 0 Å². The van der Waals surface area contributed by atoms with E-state index < -0.39 is 37.3 Å². The fraction of sp³-hybridized carbons (Fsp3) is 0.846. The highest BCUT2D eigenvalue weighted by Crippen LogP contribution is 2.21. The molecule has 0 spiro atoms. The van der Waals surface area contributed by atoms with E-state index in [1.165, 1.54) is 7.11 Å². The molecule has 2 saturated heterocycles. The van der Waals surface area contributed by atoms with Crippen LogP contribution in [-0.4, -0.2) is 102 Å². The molecule has 0 aromatic carbocycles.